The minimum absolute atomic E-state index is 0.0556. The summed E-state index contributed by atoms with van der Waals surface area (Å²) in [7, 11) is 0. The van der Waals surface area contributed by atoms with Gasteiger partial charge in [-0.2, -0.15) is 0 Å². The van der Waals surface area contributed by atoms with Crippen molar-refractivity contribution in [3.8, 4) is 5.75 Å². The number of rotatable bonds is 7. The highest BCUT2D eigenvalue weighted by Gasteiger charge is 2.04. The number of pyridine rings is 1. The second-order valence-corrected chi connectivity index (χ2v) is 4.55. The smallest absolute Gasteiger partial charge is 0.224 e. The van der Waals surface area contributed by atoms with Crippen LogP contribution in [0.2, 0.25) is 0 Å². The summed E-state index contributed by atoms with van der Waals surface area (Å²) in [6, 6.07) is 11.2. The van der Waals surface area contributed by atoms with Crippen LogP contribution in [-0.4, -0.2) is 29.1 Å². The van der Waals surface area contributed by atoms with Crippen LogP contribution < -0.4 is 10.1 Å². The molecule has 0 unspecified atom stereocenters. The zero-order chi connectivity index (χ0) is 14.9. The highest BCUT2D eigenvalue weighted by molar-refractivity contribution is 5.78. The number of ether oxygens (including phenoxy) is 1. The Labute approximate surface area is 123 Å². The largest absolute Gasteiger partial charge is 0.489 e. The van der Waals surface area contributed by atoms with E-state index in [1.54, 1.807) is 12.4 Å². The van der Waals surface area contributed by atoms with E-state index in [0.29, 0.717) is 12.4 Å². The average Bonchev–Trinajstić information content (AvgIpc) is 2.52. The number of amides is 1. The molecule has 2 rings (SSSR count). The minimum Gasteiger partial charge on any atom is -0.489 e. The predicted molar refractivity (Wildman–Crippen MR) is 78.8 cm³/mol. The summed E-state index contributed by atoms with van der Waals surface area (Å²) in [5.74, 6) is 0.597. The van der Waals surface area contributed by atoms with Gasteiger partial charge in [0.1, 0.15) is 12.4 Å². The molecule has 2 N–H and O–H groups in total. The normalized spacial score (nSPS) is 10.1. The van der Waals surface area contributed by atoms with Gasteiger partial charge in [0, 0.05) is 24.5 Å². The number of aliphatic hydroxyl groups excluding tert-OH is 1. The van der Waals surface area contributed by atoms with Gasteiger partial charge in [0.25, 0.3) is 0 Å². The van der Waals surface area contributed by atoms with Crippen molar-refractivity contribution in [2.75, 3.05) is 13.2 Å². The first-order valence-corrected chi connectivity index (χ1v) is 6.76. The summed E-state index contributed by atoms with van der Waals surface area (Å²) in [5.41, 5.74) is 1.86. The Morgan fingerprint density at radius 3 is 2.86 bits per heavy atom. The van der Waals surface area contributed by atoms with E-state index in [9.17, 15) is 4.79 Å². The second kappa shape index (κ2) is 8.01. The molecule has 1 aromatic heterocycles. The Bertz CT molecular complexity index is 573. The van der Waals surface area contributed by atoms with Crippen LogP contribution in [0.25, 0.3) is 0 Å². The van der Waals surface area contributed by atoms with Gasteiger partial charge >= 0.3 is 0 Å². The van der Waals surface area contributed by atoms with Crippen molar-refractivity contribution in [2.24, 2.45) is 0 Å². The Morgan fingerprint density at radius 1 is 1.24 bits per heavy atom. The molecule has 0 atom stereocenters. The fraction of sp³-hybridized carbons (Fsp3) is 0.250. The molecule has 0 aliphatic carbocycles. The van der Waals surface area contributed by atoms with E-state index in [2.05, 4.69) is 10.3 Å². The van der Waals surface area contributed by atoms with Crippen molar-refractivity contribution >= 4 is 5.91 Å². The molecule has 5 heteroatoms. The van der Waals surface area contributed by atoms with Gasteiger partial charge in [-0.1, -0.05) is 18.2 Å². The van der Waals surface area contributed by atoms with Crippen LogP contribution in [0.5, 0.6) is 5.75 Å². The third-order valence-corrected chi connectivity index (χ3v) is 2.83. The van der Waals surface area contributed by atoms with Crippen LogP contribution in [0, 0.1) is 0 Å². The number of aromatic nitrogens is 1. The zero-order valence-corrected chi connectivity index (χ0v) is 11.7. The first-order chi connectivity index (χ1) is 10.3. The van der Waals surface area contributed by atoms with E-state index in [1.807, 2.05) is 36.4 Å². The molecule has 1 amide bonds. The highest BCUT2D eigenvalue weighted by atomic mass is 16.5. The molecule has 0 radical (unpaired) electrons. The van der Waals surface area contributed by atoms with Gasteiger partial charge in [-0.15, -0.1) is 0 Å². The molecule has 5 nitrogen and oxygen atoms in total. The number of carbonyl (C=O) groups excluding carboxylic acids is 1. The van der Waals surface area contributed by atoms with Gasteiger partial charge < -0.3 is 15.2 Å². The highest BCUT2D eigenvalue weighted by Crippen LogP contribution is 2.15. The van der Waals surface area contributed by atoms with Crippen molar-refractivity contribution in [3.05, 3.63) is 59.9 Å². The van der Waals surface area contributed by atoms with Crippen molar-refractivity contribution < 1.29 is 14.6 Å². The maximum atomic E-state index is 11.6. The summed E-state index contributed by atoms with van der Waals surface area (Å²) in [6.07, 6.45) is 3.74. The van der Waals surface area contributed by atoms with Gasteiger partial charge in [-0.25, -0.2) is 0 Å². The Hall–Kier alpha value is -2.40. The molecule has 0 aliphatic heterocycles. The molecule has 0 bridgehead atoms. The van der Waals surface area contributed by atoms with E-state index >= 15 is 0 Å². The van der Waals surface area contributed by atoms with Crippen LogP contribution in [0.3, 0.4) is 0 Å². The maximum absolute atomic E-state index is 11.6. The van der Waals surface area contributed by atoms with Crippen molar-refractivity contribution in [3.63, 3.8) is 0 Å². The molecule has 1 heterocycles. The number of hydrogen-bond acceptors (Lipinski definition) is 4. The predicted octanol–water partition coefficient (Wildman–Crippen LogP) is 1.31. The molecule has 110 valence electrons. The fourth-order valence-electron chi connectivity index (χ4n) is 1.84. The molecular weight excluding hydrogens is 268 g/mol. The van der Waals surface area contributed by atoms with E-state index in [0.717, 1.165) is 11.1 Å². The molecule has 0 spiro atoms. The Kier molecular flexibility index (Phi) is 5.72. The lowest BCUT2D eigenvalue weighted by atomic mass is 10.1. The summed E-state index contributed by atoms with van der Waals surface area (Å²) >= 11 is 0. The van der Waals surface area contributed by atoms with Crippen LogP contribution in [0.4, 0.5) is 0 Å². The van der Waals surface area contributed by atoms with Gasteiger partial charge in [-0.3, -0.25) is 9.78 Å². The van der Waals surface area contributed by atoms with E-state index in [1.165, 1.54) is 0 Å². The van der Waals surface area contributed by atoms with E-state index < -0.39 is 0 Å². The summed E-state index contributed by atoms with van der Waals surface area (Å²) in [4.78, 5) is 15.6. The molecule has 0 fully saturated rings. The number of benzene rings is 1. The third-order valence-electron chi connectivity index (χ3n) is 2.83. The van der Waals surface area contributed by atoms with Gasteiger partial charge in [0.2, 0.25) is 5.91 Å². The van der Waals surface area contributed by atoms with Crippen molar-refractivity contribution in [2.45, 2.75) is 13.0 Å². The molecule has 21 heavy (non-hydrogen) atoms. The quantitative estimate of drug-likeness (QED) is 0.805. The first kappa shape index (κ1) is 15.0. The lowest BCUT2D eigenvalue weighted by molar-refractivity contribution is -0.120. The summed E-state index contributed by atoms with van der Waals surface area (Å²) in [5, 5.41) is 11.3. The maximum Gasteiger partial charge on any atom is 0.224 e. The van der Waals surface area contributed by atoms with E-state index in [4.69, 9.17) is 9.84 Å². The standard InChI is InChI=1S/C16H18N2O3/c19-8-7-18-16(20)10-13-3-1-5-15(9-13)21-12-14-4-2-6-17-11-14/h1-6,9,11,19H,7-8,10,12H2,(H,18,20). The Morgan fingerprint density at radius 2 is 2.10 bits per heavy atom. The minimum atomic E-state index is -0.117. The number of aliphatic hydroxyl groups is 1. The monoisotopic (exact) mass is 286 g/mol. The molecule has 1 aromatic carbocycles. The molecule has 0 saturated carbocycles. The van der Waals surface area contributed by atoms with E-state index in [-0.39, 0.29) is 25.5 Å². The average molecular weight is 286 g/mol. The first-order valence-electron chi connectivity index (χ1n) is 6.76. The molecule has 0 saturated heterocycles. The van der Waals surface area contributed by atoms with Gasteiger partial charge in [0.15, 0.2) is 0 Å². The lowest BCUT2D eigenvalue weighted by Crippen LogP contribution is -2.27. The molecular formula is C16H18N2O3. The number of nitrogens with one attached hydrogen (secondary N) is 1. The number of carbonyl (C=O) groups is 1. The van der Waals surface area contributed by atoms with Crippen LogP contribution >= 0.6 is 0 Å². The fourth-order valence-corrected chi connectivity index (χ4v) is 1.84. The summed E-state index contributed by atoms with van der Waals surface area (Å²) in [6.45, 7) is 0.657. The van der Waals surface area contributed by atoms with Gasteiger partial charge in [-0.05, 0) is 23.8 Å². The number of nitrogens with zero attached hydrogens (tertiary/aromatic N) is 1. The summed E-state index contributed by atoms with van der Waals surface area (Å²) < 4.78 is 5.68. The lowest BCUT2D eigenvalue weighted by Gasteiger charge is -2.08. The molecule has 2 aromatic rings. The second-order valence-electron chi connectivity index (χ2n) is 4.55. The SMILES string of the molecule is O=C(Cc1cccc(OCc2cccnc2)c1)NCCO. The van der Waals surface area contributed by atoms with Crippen LogP contribution in [0.1, 0.15) is 11.1 Å². The third kappa shape index (κ3) is 5.24. The zero-order valence-electron chi connectivity index (χ0n) is 11.7. The van der Waals surface area contributed by atoms with Crippen molar-refractivity contribution in [1.82, 2.24) is 10.3 Å². The van der Waals surface area contributed by atoms with Crippen LogP contribution in [-0.2, 0) is 17.8 Å². The Balaban J connectivity index is 1.90. The van der Waals surface area contributed by atoms with Crippen molar-refractivity contribution in [1.29, 1.82) is 0 Å². The molecule has 0 aliphatic rings. The topological polar surface area (TPSA) is 71.5 Å². The number of hydrogen-bond donors (Lipinski definition) is 2. The van der Waals surface area contributed by atoms with Gasteiger partial charge in [0.05, 0.1) is 13.0 Å². The van der Waals surface area contributed by atoms with Crippen LogP contribution in [0.15, 0.2) is 48.8 Å².